The summed E-state index contributed by atoms with van der Waals surface area (Å²) in [4.78, 5) is 0. The zero-order valence-corrected chi connectivity index (χ0v) is 16.6. The molecule has 126 valence electrons. The summed E-state index contributed by atoms with van der Waals surface area (Å²) in [7, 11) is -1.78. The van der Waals surface area contributed by atoms with Crippen LogP contribution in [0.2, 0.25) is 18.1 Å². The van der Waals surface area contributed by atoms with Gasteiger partial charge in [-0.2, -0.15) is 0 Å². The van der Waals surface area contributed by atoms with Gasteiger partial charge in [0, 0.05) is 10.6 Å². The first-order valence-corrected chi connectivity index (χ1v) is 12.4. The maximum Gasteiger partial charge on any atom is 0.114 e. The van der Waals surface area contributed by atoms with Crippen molar-refractivity contribution >= 4 is 40.8 Å². The second kappa shape index (κ2) is 5.57. The second-order valence-corrected chi connectivity index (χ2v) is 12.2. The van der Waals surface area contributed by atoms with E-state index >= 15 is 0 Å². The molecular formula is C24H19ClSi. The van der Waals surface area contributed by atoms with E-state index in [-0.39, 0.29) is 0 Å². The van der Waals surface area contributed by atoms with Crippen LogP contribution in [0.4, 0.5) is 0 Å². The number of benzene rings is 4. The van der Waals surface area contributed by atoms with Gasteiger partial charge in [-0.3, -0.25) is 0 Å². The molecule has 4 aromatic carbocycles. The summed E-state index contributed by atoms with van der Waals surface area (Å²) in [6.07, 6.45) is 0. The lowest BCUT2D eigenvalue weighted by Crippen LogP contribution is -2.50. The van der Waals surface area contributed by atoms with Crippen LogP contribution in [-0.4, -0.2) is 8.07 Å². The lowest BCUT2D eigenvalue weighted by Gasteiger charge is -2.23. The van der Waals surface area contributed by atoms with Crippen LogP contribution in [-0.2, 0) is 0 Å². The van der Waals surface area contributed by atoms with E-state index in [4.69, 9.17) is 11.6 Å². The Kier molecular flexibility index (Phi) is 3.40. The van der Waals surface area contributed by atoms with E-state index in [1.807, 2.05) is 6.07 Å². The van der Waals surface area contributed by atoms with Crippen molar-refractivity contribution < 1.29 is 0 Å². The fourth-order valence-corrected chi connectivity index (χ4v) is 8.29. The Morgan fingerprint density at radius 2 is 1.35 bits per heavy atom. The largest absolute Gasteiger partial charge is 0.114 e. The van der Waals surface area contributed by atoms with Gasteiger partial charge in [0.05, 0.1) is 0 Å². The van der Waals surface area contributed by atoms with Crippen LogP contribution >= 0.6 is 11.6 Å². The third-order valence-electron chi connectivity index (χ3n) is 5.73. The monoisotopic (exact) mass is 370 g/mol. The Morgan fingerprint density at radius 1 is 0.654 bits per heavy atom. The van der Waals surface area contributed by atoms with E-state index in [1.54, 1.807) is 0 Å². The first kappa shape index (κ1) is 15.9. The number of fused-ring (bicyclic) bond motifs is 4. The molecular weight excluding hydrogens is 352 g/mol. The molecule has 0 saturated carbocycles. The van der Waals surface area contributed by atoms with Gasteiger partial charge >= 0.3 is 0 Å². The van der Waals surface area contributed by atoms with Crippen LogP contribution < -0.4 is 10.4 Å². The van der Waals surface area contributed by atoms with Crippen LogP contribution in [0.3, 0.4) is 0 Å². The van der Waals surface area contributed by atoms with E-state index in [9.17, 15) is 0 Å². The standard InChI is InChI=1S/C24H19ClSi/c1-26(2)22-13-6-5-10-18(22)19-11-7-12-20(24(19)26)23-17-9-4-3-8-16(17)14-15-21(23)25/h3-15H,1-2H3. The topological polar surface area (TPSA) is 0 Å². The van der Waals surface area contributed by atoms with Gasteiger partial charge < -0.3 is 0 Å². The minimum Gasteiger partial charge on any atom is -0.0836 e. The van der Waals surface area contributed by atoms with Crippen LogP contribution in [0.25, 0.3) is 33.0 Å². The molecule has 4 aromatic rings. The van der Waals surface area contributed by atoms with E-state index < -0.39 is 8.07 Å². The Bertz CT molecular complexity index is 1170. The molecule has 1 heterocycles. The highest BCUT2D eigenvalue weighted by atomic mass is 35.5. The molecule has 0 fully saturated rings. The maximum atomic E-state index is 6.76. The fraction of sp³-hybridized carbons (Fsp3) is 0.0833. The highest BCUT2D eigenvalue weighted by Crippen LogP contribution is 2.39. The summed E-state index contributed by atoms with van der Waals surface area (Å²) in [5, 5.41) is 6.34. The normalized spacial score (nSPS) is 14.3. The minimum atomic E-state index is -1.78. The quantitative estimate of drug-likeness (QED) is 0.362. The van der Waals surface area contributed by atoms with Crippen LogP contribution in [0.5, 0.6) is 0 Å². The molecule has 0 unspecified atom stereocenters. The number of rotatable bonds is 1. The summed E-state index contributed by atoms with van der Waals surface area (Å²) in [5.74, 6) is 0. The second-order valence-electron chi connectivity index (χ2n) is 7.54. The average Bonchev–Trinajstić information content (AvgIpc) is 2.90. The molecule has 0 bridgehead atoms. The molecule has 0 radical (unpaired) electrons. The van der Waals surface area contributed by atoms with Crippen molar-refractivity contribution in [2.24, 2.45) is 0 Å². The van der Waals surface area contributed by atoms with Crippen LogP contribution in [0.15, 0.2) is 78.9 Å². The smallest absolute Gasteiger partial charge is 0.0836 e. The van der Waals surface area contributed by atoms with Gasteiger partial charge in [0.25, 0.3) is 0 Å². The molecule has 0 amide bonds. The maximum absolute atomic E-state index is 6.76. The molecule has 26 heavy (non-hydrogen) atoms. The third-order valence-corrected chi connectivity index (χ3v) is 9.61. The minimum absolute atomic E-state index is 0.831. The van der Waals surface area contributed by atoms with E-state index in [0.717, 1.165) is 5.02 Å². The van der Waals surface area contributed by atoms with Crippen molar-refractivity contribution in [2.45, 2.75) is 13.1 Å². The fourth-order valence-electron chi connectivity index (χ4n) is 4.57. The lowest BCUT2D eigenvalue weighted by atomic mass is 9.95. The van der Waals surface area contributed by atoms with Crippen molar-refractivity contribution in [2.75, 3.05) is 0 Å². The van der Waals surface area contributed by atoms with Crippen molar-refractivity contribution in [1.82, 2.24) is 0 Å². The summed E-state index contributed by atoms with van der Waals surface area (Å²) in [5.41, 5.74) is 5.27. The van der Waals surface area contributed by atoms with Crippen molar-refractivity contribution in [3.8, 4) is 22.3 Å². The molecule has 0 N–H and O–H groups in total. The van der Waals surface area contributed by atoms with Crippen molar-refractivity contribution in [3.05, 3.63) is 83.9 Å². The predicted octanol–water partition coefficient (Wildman–Crippen LogP) is 5.96. The van der Waals surface area contributed by atoms with Gasteiger partial charge in [-0.05, 0) is 43.9 Å². The SMILES string of the molecule is C[Si]1(C)c2ccccc2-c2cccc(-c3c(Cl)ccc4ccccc34)c21. The van der Waals surface area contributed by atoms with Gasteiger partial charge in [-0.15, -0.1) is 0 Å². The van der Waals surface area contributed by atoms with E-state index in [2.05, 4.69) is 85.9 Å². The summed E-state index contributed by atoms with van der Waals surface area (Å²) in [6.45, 7) is 4.92. The first-order valence-electron chi connectivity index (χ1n) is 9.00. The highest BCUT2D eigenvalue weighted by molar-refractivity contribution is 7.04. The molecule has 0 aromatic heterocycles. The summed E-state index contributed by atoms with van der Waals surface area (Å²) < 4.78 is 0. The number of hydrogen-bond acceptors (Lipinski definition) is 0. The van der Waals surface area contributed by atoms with Gasteiger partial charge in [-0.25, -0.2) is 0 Å². The van der Waals surface area contributed by atoms with Gasteiger partial charge in [-0.1, -0.05) is 97.5 Å². The molecule has 0 aliphatic carbocycles. The Balaban J connectivity index is 1.91. The molecule has 0 spiro atoms. The third kappa shape index (κ3) is 2.08. The van der Waals surface area contributed by atoms with Gasteiger partial charge in [0.2, 0.25) is 0 Å². The molecule has 1 aliphatic rings. The molecule has 0 saturated heterocycles. The van der Waals surface area contributed by atoms with Gasteiger partial charge in [0.15, 0.2) is 0 Å². The van der Waals surface area contributed by atoms with Crippen LogP contribution in [0.1, 0.15) is 0 Å². The highest BCUT2D eigenvalue weighted by Gasteiger charge is 2.39. The zero-order chi connectivity index (χ0) is 17.9. The summed E-state index contributed by atoms with van der Waals surface area (Å²) >= 11 is 6.76. The molecule has 0 atom stereocenters. The molecule has 0 nitrogen and oxygen atoms in total. The number of halogens is 1. The molecule has 5 rings (SSSR count). The van der Waals surface area contributed by atoms with E-state index in [0.29, 0.717) is 0 Å². The van der Waals surface area contributed by atoms with Gasteiger partial charge in [0.1, 0.15) is 8.07 Å². The predicted molar refractivity (Wildman–Crippen MR) is 117 cm³/mol. The summed E-state index contributed by atoms with van der Waals surface area (Å²) in [6, 6.07) is 28.3. The van der Waals surface area contributed by atoms with Crippen molar-refractivity contribution in [1.29, 1.82) is 0 Å². The van der Waals surface area contributed by atoms with Crippen molar-refractivity contribution in [3.63, 3.8) is 0 Å². The molecule has 1 aliphatic heterocycles. The van der Waals surface area contributed by atoms with E-state index in [1.165, 1.54) is 43.4 Å². The lowest BCUT2D eigenvalue weighted by molar-refractivity contribution is 1.66. The van der Waals surface area contributed by atoms with Crippen LogP contribution in [0, 0.1) is 0 Å². The zero-order valence-electron chi connectivity index (χ0n) is 14.9. The average molecular weight is 371 g/mol. The Labute approximate surface area is 160 Å². The Hall–Kier alpha value is -2.35. The number of hydrogen-bond donors (Lipinski definition) is 0. The molecule has 2 heteroatoms. The first-order chi connectivity index (χ1) is 12.6. The Morgan fingerprint density at radius 3 is 2.23 bits per heavy atom.